The molecule has 1 aliphatic heterocycles. The van der Waals surface area contributed by atoms with Crippen molar-refractivity contribution < 1.29 is 14.4 Å². The van der Waals surface area contributed by atoms with E-state index in [1.165, 1.54) is 23.6 Å². The Kier molecular flexibility index (Phi) is 5.01. The van der Waals surface area contributed by atoms with Gasteiger partial charge in [0.1, 0.15) is 0 Å². The molecule has 0 aromatic rings. The highest BCUT2D eigenvalue weighted by molar-refractivity contribution is 8.00. The van der Waals surface area contributed by atoms with Crippen LogP contribution in [0.5, 0.6) is 0 Å². The van der Waals surface area contributed by atoms with Gasteiger partial charge in [-0.15, -0.1) is 11.8 Å². The lowest BCUT2D eigenvalue weighted by Crippen LogP contribution is -2.46. The van der Waals surface area contributed by atoms with Gasteiger partial charge in [-0.2, -0.15) is 0 Å². The maximum Gasteiger partial charge on any atom is 0.243 e. The van der Waals surface area contributed by atoms with Crippen LogP contribution in [0.3, 0.4) is 0 Å². The minimum atomic E-state index is -0.466. The first-order chi connectivity index (χ1) is 8.62. The Morgan fingerprint density at radius 2 is 2.05 bits per heavy atom. The lowest BCUT2D eigenvalue weighted by atomic mass is 10.1. The van der Waals surface area contributed by atoms with Crippen molar-refractivity contribution in [2.75, 3.05) is 5.75 Å². The van der Waals surface area contributed by atoms with E-state index in [2.05, 4.69) is 5.32 Å². The van der Waals surface area contributed by atoms with Gasteiger partial charge in [0.05, 0.1) is 5.25 Å². The van der Waals surface area contributed by atoms with E-state index in [0.717, 1.165) is 0 Å². The first-order valence-corrected chi connectivity index (χ1v) is 7.43. The van der Waals surface area contributed by atoms with Gasteiger partial charge in [0.2, 0.25) is 17.7 Å². The molecule has 1 heterocycles. The van der Waals surface area contributed by atoms with Gasteiger partial charge in [-0.1, -0.05) is 0 Å². The molecule has 0 spiro atoms. The third-order valence-corrected chi connectivity index (χ3v) is 4.24. The fraction of sp³-hybridized carbons (Fsp3) is 0.769. The summed E-state index contributed by atoms with van der Waals surface area (Å²) >= 11 is 1.44. The fourth-order valence-corrected chi connectivity index (χ4v) is 3.20. The molecule has 0 aromatic carbocycles. The molecule has 6 heteroatoms. The zero-order valence-electron chi connectivity index (χ0n) is 12.1. The summed E-state index contributed by atoms with van der Waals surface area (Å²) in [5.41, 5.74) is -0.466. The first-order valence-electron chi connectivity index (χ1n) is 6.38. The number of thioether (sulfide) groups is 1. The summed E-state index contributed by atoms with van der Waals surface area (Å²) in [5.74, 6) is 0.319. The smallest absolute Gasteiger partial charge is 0.243 e. The molecule has 0 saturated carbocycles. The Hall–Kier alpha value is -1.04. The number of likely N-dealkylation sites (tertiary alicyclic amines) is 1. The summed E-state index contributed by atoms with van der Waals surface area (Å²) in [6.45, 7) is 8.92. The number of imide groups is 1. The number of nitrogens with one attached hydrogen (secondary N) is 1. The highest BCUT2D eigenvalue weighted by Crippen LogP contribution is 2.30. The average molecular weight is 286 g/mol. The Balaban J connectivity index is 2.56. The summed E-state index contributed by atoms with van der Waals surface area (Å²) in [6.07, 6.45) is 0.258. The molecule has 0 aliphatic carbocycles. The minimum absolute atomic E-state index is 0.00547. The standard InChI is InChI=1S/C13H22N2O3S/c1-8(14-9(2)16)7-19-10-6-11(17)15(12(10)18)13(3,4)5/h8,10H,6-7H2,1-5H3,(H,14,16). The molecule has 1 N–H and O–H groups in total. The van der Waals surface area contributed by atoms with Crippen molar-refractivity contribution in [3.05, 3.63) is 0 Å². The van der Waals surface area contributed by atoms with Crippen LogP contribution in [0.4, 0.5) is 0 Å². The van der Waals surface area contributed by atoms with Crippen LogP contribution >= 0.6 is 11.8 Å². The topological polar surface area (TPSA) is 66.5 Å². The predicted octanol–water partition coefficient (Wildman–Crippen LogP) is 1.17. The second-order valence-corrected chi connectivity index (χ2v) is 7.10. The summed E-state index contributed by atoms with van der Waals surface area (Å²) in [5, 5.41) is 2.45. The van der Waals surface area contributed by atoms with E-state index < -0.39 is 5.54 Å². The molecule has 0 bridgehead atoms. The molecule has 1 aliphatic rings. The molecule has 3 amide bonds. The van der Waals surface area contributed by atoms with E-state index in [1.807, 2.05) is 27.7 Å². The average Bonchev–Trinajstić information content (AvgIpc) is 2.48. The summed E-state index contributed by atoms with van der Waals surface area (Å²) in [7, 11) is 0. The van der Waals surface area contributed by atoms with Crippen LogP contribution in [0.15, 0.2) is 0 Å². The van der Waals surface area contributed by atoms with Crippen molar-refractivity contribution in [1.82, 2.24) is 10.2 Å². The minimum Gasteiger partial charge on any atom is -0.353 e. The van der Waals surface area contributed by atoms with Crippen LogP contribution < -0.4 is 5.32 Å². The second kappa shape index (κ2) is 5.94. The van der Waals surface area contributed by atoms with Crippen molar-refractivity contribution in [3.63, 3.8) is 0 Å². The molecule has 2 atom stereocenters. The third-order valence-electron chi connectivity index (χ3n) is 2.77. The van der Waals surface area contributed by atoms with Crippen molar-refractivity contribution in [3.8, 4) is 0 Å². The molecule has 19 heavy (non-hydrogen) atoms. The zero-order chi connectivity index (χ0) is 14.8. The van der Waals surface area contributed by atoms with Crippen LogP contribution in [0.2, 0.25) is 0 Å². The second-order valence-electron chi connectivity index (χ2n) is 5.87. The van der Waals surface area contributed by atoms with Gasteiger partial charge in [0.25, 0.3) is 0 Å². The lowest BCUT2D eigenvalue weighted by Gasteiger charge is -2.30. The Morgan fingerprint density at radius 1 is 1.47 bits per heavy atom. The molecule has 108 valence electrons. The molecule has 0 radical (unpaired) electrons. The number of nitrogens with zero attached hydrogens (tertiary/aromatic N) is 1. The zero-order valence-corrected chi connectivity index (χ0v) is 13.0. The van der Waals surface area contributed by atoms with Gasteiger partial charge in [0, 0.05) is 30.7 Å². The van der Waals surface area contributed by atoms with Gasteiger partial charge in [-0.25, -0.2) is 0 Å². The Labute approximate surface area is 118 Å². The van der Waals surface area contributed by atoms with Gasteiger partial charge in [-0.05, 0) is 27.7 Å². The monoisotopic (exact) mass is 286 g/mol. The van der Waals surface area contributed by atoms with Crippen molar-refractivity contribution in [1.29, 1.82) is 0 Å². The number of amides is 3. The van der Waals surface area contributed by atoms with Crippen LogP contribution in [0.1, 0.15) is 41.0 Å². The van der Waals surface area contributed by atoms with Crippen molar-refractivity contribution in [2.24, 2.45) is 0 Å². The van der Waals surface area contributed by atoms with Crippen molar-refractivity contribution >= 4 is 29.5 Å². The SMILES string of the molecule is CC(=O)NC(C)CSC1CC(=O)N(C(C)(C)C)C1=O. The first kappa shape index (κ1) is 16.0. The predicted molar refractivity (Wildman–Crippen MR) is 75.7 cm³/mol. The van der Waals surface area contributed by atoms with Crippen LogP contribution in [-0.4, -0.2) is 45.2 Å². The van der Waals surface area contributed by atoms with Crippen molar-refractivity contribution in [2.45, 2.75) is 57.9 Å². The third kappa shape index (κ3) is 4.23. The molecular weight excluding hydrogens is 264 g/mol. The maximum atomic E-state index is 12.2. The van der Waals surface area contributed by atoms with E-state index >= 15 is 0 Å². The number of hydrogen-bond acceptors (Lipinski definition) is 4. The quantitative estimate of drug-likeness (QED) is 0.788. The molecule has 1 fully saturated rings. The van der Waals surface area contributed by atoms with E-state index in [-0.39, 0.29) is 35.4 Å². The molecular formula is C13H22N2O3S. The number of rotatable bonds is 4. The van der Waals surface area contributed by atoms with Gasteiger partial charge in [-0.3, -0.25) is 19.3 Å². The Morgan fingerprint density at radius 3 is 2.47 bits per heavy atom. The van der Waals surface area contributed by atoms with Gasteiger partial charge >= 0.3 is 0 Å². The van der Waals surface area contributed by atoms with E-state index in [0.29, 0.717) is 5.75 Å². The molecule has 1 saturated heterocycles. The maximum absolute atomic E-state index is 12.2. The Bertz CT molecular complexity index is 390. The summed E-state index contributed by atoms with van der Waals surface area (Å²) in [6, 6.07) is -0.00547. The fourth-order valence-electron chi connectivity index (χ4n) is 2.09. The molecule has 1 rings (SSSR count). The van der Waals surface area contributed by atoms with Gasteiger partial charge in [0.15, 0.2) is 0 Å². The largest absolute Gasteiger partial charge is 0.353 e. The van der Waals surface area contributed by atoms with E-state index in [1.54, 1.807) is 0 Å². The summed E-state index contributed by atoms with van der Waals surface area (Å²) < 4.78 is 0. The molecule has 5 nitrogen and oxygen atoms in total. The number of hydrogen-bond donors (Lipinski definition) is 1. The van der Waals surface area contributed by atoms with E-state index in [9.17, 15) is 14.4 Å². The van der Waals surface area contributed by atoms with Crippen LogP contribution in [-0.2, 0) is 14.4 Å². The highest BCUT2D eigenvalue weighted by Gasteiger charge is 2.44. The van der Waals surface area contributed by atoms with Gasteiger partial charge < -0.3 is 5.32 Å². The highest BCUT2D eigenvalue weighted by atomic mass is 32.2. The van der Waals surface area contributed by atoms with Crippen LogP contribution in [0.25, 0.3) is 0 Å². The number of carbonyl (C=O) groups is 3. The summed E-state index contributed by atoms with van der Waals surface area (Å²) in [4.78, 5) is 36.3. The normalized spacial score (nSPS) is 21.7. The lowest BCUT2D eigenvalue weighted by molar-refractivity contribution is -0.143. The van der Waals surface area contributed by atoms with E-state index in [4.69, 9.17) is 0 Å². The van der Waals surface area contributed by atoms with Crippen LogP contribution in [0, 0.1) is 0 Å². The number of carbonyl (C=O) groups excluding carboxylic acids is 3. The molecule has 2 unspecified atom stereocenters. The molecule has 0 aromatic heterocycles.